The summed E-state index contributed by atoms with van der Waals surface area (Å²) in [5, 5.41) is 8.93. The third-order valence-electron chi connectivity index (χ3n) is 20.6. The Morgan fingerprint density at radius 3 is 1.05 bits per heavy atom. The predicted molar refractivity (Wildman–Crippen MR) is 450 cm³/mol. The van der Waals surface area contributed by atoms with Gasteiger partial charge in [-0.25, -0.2) is 29.9 Å². The van der Waals surface area contributed by atoms with Crippen molar-refractivity contribution in [1.82, 2.24) is 52.0 Å². The Morgan fingerprint density at radius 2 is 0.587 bits per heavy atom. The van der Waals surface area contributed by atoms with Crippen LogP contribution < -0.4 is 0 Å². The van der Waals surface area contributed by atoms with Crippen molar-refractivity contribution in [2.45, 2.75) is 13.8 Å². The summed E-state index contributed by atoms with van der Waals surface area (Å²) < 4.78 is 20.9. The molecule has 0 spiro atoms. The van der Waals surface area contributed by atoms with Gasteiger partial charge in [0.15, 0.2) is 11.6 Å². The van der Waals surface area contributed by atoms with E-state index in [9.17, 15) is 0 Å². The molecule has 0 aliphatic rings. The van der Waals surface area contributed by atoms with Crippen molar-refractivity contribution in [2.75, 3.05) is 0 Å². The van der Waals surface area contributed by atoms with Crippen LogP contribution in [0.2, 0.25) is 0 Å². The average molecular weight is 1430 g/mol. The van der Waals surface area contributed by atoms with E-state index in [0.29, 0.717) is 11.6 Å². The number of hydrogen-bond acceptors (Lipinski definition) is 12. The van der Waals surface area contributed by atoms with Crippen LogP contribution in [0.15, 0.2) is 334 Å². The van der Waals surface area contributed by atoms with Crippen molar-refractivity contribution in [3.05, 3.63) is 345 Å². The number of para-hydroxylation sites is 2. The van der Waals surface area contributed by atoms with Crippen LogP contribution in [0.4, 0.5) is 0 Å². The van der Waals surface area contributed by atoms with Gasteiger partial charge >= 0.3 is 0 Å². The lowest BCUT2D eigenvalue weighted by molar-refractivity contribution is 1.16. The molecule has 7 aromatic heterocycles. The zero-order valence-electron chi connectivity index (χ0n) is 59.0. The van der Waals surface area contributed by atoms with Gasteiger partial charge in [-0.15, -0.1) is 0 Å². The molecule has 0 fully saturated rings. The molecule has 0 radical (unpaired) electrons. The van der Waals surface area contributed by atoms with Crippen molar-refractivity contribution < 1.29 is 0 Å². The lowest BCUT2D eigenvalue weighted by atomic mass is 9.96. The molecule has 0 saturated carbocycles. The first-order valence-corrected chi connectivity index (χ1v) is 37.6. The second kappa shape index (κ2) is 27.2. The van der Waals surface area contributed by atoms with Gasteiger partial charge in [0.1, 0.15) is 22.1 Å². The predicted octanol–water partition coefficient (Wildman–Crippen LogP) is 24.7. The van der Waals surface area contributed by atoms with E-state index in [1.54, 1.807) is 0 Å². The molecule has 0 aliphatic heterocycles. The first-order chi connectivity index (χ1) is 53.8. The summed E-state index contributed by atoms with van der Waals surface area (Å²) in [7, 11) is 0. The van der Waals surface area contributed by atoms with E-state index in [4.69, 9.17) is 38.7 Å². The van der Waals surface area contributed by atoms with Crippen LogP contribution in [0.3, 0.4) is 0 Å². The highest BCUT2D eigenvalue weighted by Crippen LogP contribution is 2.42. The van der Waals surface area contributed by atoms with Gasteiger partial charge in [0.05, 0.1) is 79.7 Å². The molecular weight excluding hydrogens is 1370 g/mol. The number of hydrogen-bond donors (Lipinski definition) is 0. The highest BCUT2D eigenvalue weighted by Gasteiger charge is 2.21. The number of pyridine rings is 2. The standard InChI is InChI=1S/C53H32N6S.C43H29N5S/c1-3-12-35(13-4-1)51-43-28-29-44-52(58-60-57-44)50(43)42-27-26-37(31-47(42)54-51)33-22-24-34(25-23-33)45-32-46(56-53(55-45)36-14-5-2-6-15-36)38-16-11-17-39(30-38)59-48-20-9-7-18-40(48)41-19-8-10-21-49(41)59;1-26-8-12-29(13-9-26)37-25-38(46-43(45-37)32-14-10-27(2)11-15-32)30-18-16-28(17-19-30)33-20-21-34-39(24-33)44-41(31-6-4-3-5-7-31)35-22-23-36-42(40(34)35)48-49-47-36/h1-32H;3-25H,1-2H3. The second-order valence-corrected chi connectivity index (χ2v) is 28.5. The minimum atomic E-state index is 0.681. The Balaban J connectivity index is 0.000000146. The van der Waals surface area contributed by atoms with Gasteiger partial charge in [-0.3, -0.25) is 0 Å². The van der Waals surface area contributed by atoms with Crippen LogP contribution in [0, 0.1) is 13.8 Å². The van der Waals surface area contributed by atoms with Crippen LogP contribution >= 0.6 is 23.5 Å². The minimum Gasteiger partial charge on any atom is -0.309 e. The molecule has 109 heavy (non-hydrogen) atoms. The van der Waals surface area contributed by atoms with E-state index in [1.165, 1.54) is 56.4 Å². The summed E-state index contributed by atoms with van der Waals surface area (Å²) in [6.45, 7) is 4.19. The fraction of sp³-hybridized carbons (Fsp3) is 0.0208. The highest BCUT2D eigenvalue weighted by molar-refractivity contribution is 7.00. The molecule has 21 aromatic rings. The van der Waals surface area contributed by atoms with E-state index in [1.807, 2.05) is 42.5 Å². The fourth-order valence-corrected chi connectivity index (χ4v) is 16.2. The third kappa shape index (κ3) is 12.0. The van der Waals surface area contributed by atoms with Crippen molar-refractivity contribution in [3.8, 4) is 118 Å². The van der Waals surface area contributed by atoms with Gasteiger partial charge in [0.2, 0.25) is 0 Å². The Bertz CT molecular complexity index is 6970. The molecule has 7 heterocycles. The minimum absolute atomic E-state index is 0.681. The number of aryl methyl sites for hydroxylation is 2. The van der Waals surface area contributed by atoms with Crippen LogP contribution in [0.5, 0.6) is 0 Å². The van der Waals surface area contributed by atoms with E-state index in [0.717, 1.165) is 172 Å². The van der Waals surface area contributed by atoms with E-state index in [-0.39, 0.29) is 0 Å². The SMILES string of the molecule is Cc1ccc(-c2cc(-c3ccc(-c4ccc5c(c4)nc(-c4ccccc4)c4ccc6nsnc6c45)cc3)nc(-c3ccc(C)cc3)n2)cc1.c1ccc(-c2nc(-c3ccc(-c4ccc5c(c4)nc(-c4ccccc4)c4ccc6nsnc6c45)cc3)cc(-c3cccc(-n4c5ccccc5c5ccccc54)c3)n2)cc1. The van der Waals surface area contributed by atoms with Crippen LogP contribution in [0.25, 0.3) is 205 Å². The van der Waals surface area contributed by atoms with Gasteiger partial charge in [0, 0.05) is 93.3 Å². The molecule has 11 nitrogen and oxygen atoms in total. The topological polar surface area (TPSA) is 134 Å². The van der Waals surface area contributed by atoms with Crippen LogP contribution in [0.1, 0.15) is 11.1 Å². The summed E-state index contributed by atoms with van der Waals surface area (Å²) in [6, 6.07) is 117. The van der Waals surface area contributed by atoms with Gasteiger partial charge in [-0.05, 0) is 109 Å². The maximum absolute atomic E-state index is 5.28. The molecule has 0 aliphatic carbocycles. The molecule has 14 aromatic carbocycles. The number of nitrogens with zero attached hydrogens (tertiary/aromatic N) is 11. The Hall–Kier alpha value is -14.0. The lowest BCUT2D eigenvalue weighted by Gasteiger charge is -2.13. The number of fused-ring (bicyclic) bond motifs is 13. The quantitative estimate of drug-likeness (QED) is 0.115. The number of rotatable bonds is 11. The molecule has 0 unspecified atom stereocenters. The summed E-state index contributed by atoms with van der Waals surface area (Å²) in [5.74, 6) is 1.39. The molecule has 0 amide bonds. The highest BCUT2D eigenvalue weighted by atomic mass is 32.1. The second-order valence-electron chi connectivity index (χ2n) is 27.5. The molecule has 13 heteroatoms. The van der Waals surface area contributed by atoms with Crippen molar-refractivity contribution in [1.29, 1.82) is 0 Å². The van der Waals surface area contributed by atoms with E-state index >= 15 is 0 Å². The molecule has 21 rings (SSSR count). The van der Waals surface area contributed by atoms with Crippen molar-refractivity contribution in [3.63, 3.8) is 0 Å². The van der Waals surface area contributed by atoms with Gasteiger partial charge in [-0.2, -0.15) is 17.5 Å². The van der Waals surface area contributed by atoms with Gasteiger partial charge in [-0.1, -0.05) is 272 Å². The molecule has 0 atom stereocenters. The van der Waals surface area contributed by atoms with Gasteiger partial charge < -0.3 is 4.57 Å². The Labute approximate surface area is 635 Å². The average Bonchev–Trinajstić information content (AvgIpc) is 1.69. The summed E-state index contributed by atoms with van der Waals surface area (Å²) in [5.41, 5.74) is 29.3. The van der Waals surface area contributed by atoms with E-state index in [2.05, 4.69) is 318 Å². The number of aromatic nitrogens is 11. The Kier molecular flexibility index (Phi) is 16.1. The lowest BCUT2D eigenvalue weighted by Crippen LogP contribution is -1.98. The molecule has 0 bridgehead atoms. The summed E-state index contributed by atoms with van der Waals surface area (Å²) in [6.07, 6.45) is 0. The van der Waals surface area contributed by atoms with Crippen molar-refractivity contribution in [2.24, 2.45) is 0 Å². The number of benzene rings is 14. The largest absolute Gasteiger partial charge is 0.309 e. The maximum Gasteiger partial charge on any atom is 0.160 e. The first kappa shape index (κ1) is 64.6. The van der Waals surface area contributed by atoms with Gasteiger partial charge in [0.25, 0.3) is 0 Å². The molecule has 0 saturated heterocycles. The van der Waals surface area contributed by atoms with E-state index < -0.39 is 0 Å². The third-order valence-corrected chi connectivity index (χ3v) is 21.7. The first-order valence-electron chi connectivity index (χ1n) is 36.2. The maximum atomic E-state index is 5.28. The molecule has 0 N–H and O–H groups in total. The smallest absolute Gasteiger partial charge is 0.160 e. The zero-order chi connectivity index (χ0) is 72.5. The molecular formula is C96H61N11S2. The normalized spacial score (nSPS) is 11.6. The summed E-state index contributed by atoms with van der Waals surface area (Å²) >= 11 is 2.49. The summed E-state index contributed by atoms with van der Waals surface area (Å²) in [4.78, 5) is 30.9. The van der Waals surface area contributed by atoms with Crippen molar-refractivity contribution >= 4 is 111 Å². The fourth-order valence-electron chi connectivity index (χ4n) is 15.1. The van der Waals surface area contributed by atoms with Crippen LogP contribution in [-0.2, 0) is 0 Å². The molecule has 512 valence electrons. The van der Waals surface area contributed by atoms with Crippen LogP contribution in [-0.4, -0.2) is 52.0 Å². The Morgan fingerprint density at radius 1 is 0.229 bits per heavy atom. The zero-order valence-corrected chi connectivity index (χ0v) is 60.6. The monoisotopic (exact) mass is 1430 g/mol.